The van der Waals surface area contributed by atoms with Gasteiger partial charge in [0, 0.05) is 11.8 Å². The molecular formula is C25H24ClFN2O6S. The van der Waals surface area contributed by atoms with E-state index in [2.05, 4.69) is 4.98 Å². The Balaban J connectivity index is 1.51. The van der Waals surface area contributed by atoms with Gasteiger partial charge in [-0.25, -0.2) is 9.37 Å². The normalized spacial score (nSPS) is 11.9. The van der Waals surface area contributed by atoms with Crippen LogP contribution in [-0.4, -0.2) is 61.3 Å². The van der Waals surface area contributed by atoms with Gasteiger partial charge >= 0.3 is 0 Å². The van der Waals surface area contributed by atoms with Crippen LogP contribution in [-0.2, 0) is 9.47 Å². The molecule has 0 spiro atoms. The van der Waals surface area contributed by atoms with Crippen molar-refractivity contribution >= 4 is 34.0 Å². The van der Waals surface area contributed by atoms with E-state index >= 15 is 0 Å². The molecule has 2 aromatic carbocycles. The number of methoxy groups -OCH3 is 1. The van der Waals surface area contributed by atoms with Crippen LogP contribution in [0.5, 0.6) is 17.2 Å². The Morgan fingerprint density at radius 2 is 1.86 bits per heavy atom. The summed E-state index contributed by atoms with van der Waals surface area (Å²) in [7, 11) is 1.43. The number of aromatic hydroxyl groups is 1. The van der Waals surface area contributed by atoms with Crippen LogP contribution in [0.25, 0.3) is 22.3 Å². The summed E-state index contributed by atoms with van der Waals surface area (Å²) in [6.07, 6.45) is 3.35. The van der Waals surface area contributed by atoms with Crippen LogP contribution in [0.1, 0.15) is 5.56 Å². The summed E-state index contributed by atoms with van der Waals surface area (Å²) in [4.78, 5) is 18.2. The number of phenols is 1. The maximum Gasteiger partial charge on any atom is 0.274 e. The molecule has 190 valence electrons. The average molecular weight is 535 g/mol. The smallest absolute Gasteiger partial charge is 0.274 e. The molecule has 2 aromatic heterocycles. The summed E-state index contributed by atoms with van der Waals surface area (Å²) in [6.45, 7) is 0.906. The van der Waals surface area contributed by atoms with Crippen molar-refractivity contribution in [3.8, 4) is 28.5 Å². The second kappa shape index (κ2) is 12.2. The van der Waals surface area contributed by atoms with Gasteiger partial charge in [-0.05, 0) is 35.9 Å². The average Bonchev–Trinajstić information content (AvgIpc) is 3.42. The predicted octanol–water partition coefficient (Wildman–Crippen LogP) is 3.72. The minimum atomic E-state index is -0.512. The molecule has 8 nitrogen and oxygen atoms in total. The molecule has 0 amide bonds. The summed E-state index contributed by atoms with van der Waals surface area (Å²) in [5, 5.41) is 10.1. The summed E-state index contributed by atoms with van der Waals surface area (Å²) in [5.41, 5.74) is 1.75. The lowest BCUT2D eigenvalue weighted by molar-refractivity contribution is 0.0325. The first-order valence-corrected chi connectivity index (χ1v) is 12.2. The van der Waals surface area contributed by atoms with Crippen molar-refractivity contribution < 1.29 is 28.4 Å². The Kier molecular flexibility index (Phi) is 8.76. The monoisotopic (exact) mass is 534 g/mol. The molecule has 4 rings (SSSR count). The quantitative estimate of drug-likeness (QED) is 0.277. The third-order valence-electron chi connectivity index (χ3n) is 5.11. The van der Waals surface area contributed by atoms with Crippen LogP contribution in [0.2, 0.25) is 5.02 Å². The highest BCUT2D eigenvalue weighted by atomic mass is 35.5. The number of imidazole rings is 1. The zero-order chi connectivity index (χ0) is 25.5. The van der Waals surface area contributed by atoms with Gasteiger partial charge in [0.15, 0.2) is 16.5 Å². The van der Waals surface area contributed by atoms with Gasteiger partial charge in [-0.3, -0.25) is 9.20 Å². The van der Waals surface area contributed by atoms with Crippen LogP contribution in [0, 0.1) is 0 Å². The molecule has 0 unspecified atom stereocenters. The lowest BCUT2D eigenvalue weighted by Gasteiger charge is -2.10. The summed E-state index contributed by atoms with van der Waals surface area (Å²) in [5.74, 6) is 0.682. The molecule has 4 aromatic rings. The number of halogens is 2. The SMILES string of the molecule is COc1cc(/C=c2\sc3nc(-c4ccccc4OCCOCCOCCF)cn3c2=O)cc(Cl)c1O. The van der Waals surface area contributed by atoms with Crippen LogP contribution in [0.15, 0.2) is 47.4 Å². The molecule has 0 saturated heterocycles. The van der Waals surface area contributed by atoms with Gasteiger partial charge in [0.1, 0.15) is 19.0 Å². The maximum absolute atomic E-state index is 13.0. The van der Waals surface area contributed by atoms with Crippen molar-refractivity contribution in [1.82, 2.24) is 9.38 Å². The van der Waals surface area contributed by atoms with Crippen molar-refractivity contribution in [2.24, 2.45) is 0 Å². The van der Waals surface area contributed by atoms with Crippen molar-refractivity contribution in [3.63, 3.8) is 0 Å². The standard InChI is InChI=1S/C25H24ClFN2O6S/c1-32-21-13-16(12-18(26)23(21)30)14-22-24(31)29-15-19(28-25(29)36-22)17-4-2-3-5-20(17)35-11-10-34-9-8-33-7-6-27/h2-5,12-15,30H,6-11H2,1H3/b22-14-. The number of ether oxygens (including phenoxy) is 4. The molecule has 0 aliphatic heterocycles. The van der Waals surface area contributed by atoms with Gasteiger partial charge in [0.05, 0.1) is 48.8 Å². The Labute approximate surface area is 215 Å². The van der Waals surface area contributed by atoms with E-state index in [0.29, 0.717) is 52.9 Å². The first kappa shape index (κ1) is 25.9. The molecule has 11 heteroatoms. The van der Waals surface area contributed by atoms with Crippen molar-refractivity contribution in [1.29, 1.82) is 0 Å². The van der Waals surface area contributed by atoms with Gasteiger partial charge in [0.2, 0.25) is 0 Å². The fourth-order valence-corrected chi connectivity index (χ4v) is 4.61. The number of aromatic nitrogens is 2. The highest BCUT2D eigenvalue weighted by Crippen LogP contribution is 2.35. The number of phenolic OH excluding ortho intramolecular Hbond substituents is 1. The number of hydrogen-bond donors (Lipinski definition) is 1. The summed E-state index contributed by atoms with van der Waals surface area (Å²) in [6, 6.07) is 10.6. The minimum Gasteiger partial charge on any atom is -0.503 e. The molecule has 2 heterocycles. The Morgan fingerprint density at radius 3 is 2.61 bits per heavy atom. The maximum atomic E-state index is 13.0. The van der Waals surface area contributed by atoms with E-state index in [1.165, 1.54) is 22.8 Å². The van der Waals surface area contributed by atoms with Gasteiger partial charge in [-0.1, -0.05) is 35.1 Å². The van der Waals surface area contributed by atoms with Gasteiger partial charge in [-0.15, -0.1) is 0 Å². The number of fused-ring (bicyclic) bond motifs is 1. The zero-order valence-corrected chi connectivity index (χ0v) is 21.0. The van der Waals surface area contributed by atoms with E-state index in [-0.39, 0.29) is 28.7 Å². The van der Waals surface area contributed by atoms with Gasteiger partial charge in [0.25, 0.3) is 5.56 Å². The fraction of sp³-hybridized carbons (Fsp3) is 0.280. The Hall–Kier alpha value is -3.18. The molecule has 1 N–H and O–H groups in total. The highest BCUT2D eigenvalue weighted by Gasteiger charge is 2.14. The van der Waals surface area contributed by atoms with Crippen molar-refractivity contribution in [3.05, 3.63) is 68.1 Å². The number of para-hydroxylation sites is 1. The first-order chi connectivity index (χ1) is 17.5. The third-order valence-corrected chi connectivity index (χ3v) is 6.39. The lowest BCUT2D eigenvalue weighted by Crippen LogP contribution is -2.22. The molecule has 0 saturated carbocycles. The molecule has 0 bridgehead atoms. The number of benzene rings is 2. The molecule has 0 aliphatic carbocycles. The summed E-state index contributed by atoms with van der Waals surface area (Å²) >= 11 is 7.30. The molecule has 0 aliphatic rings. The Bertz CT molecular complexity index is 1440. The van der Waals surface area contributed by atoms with E-state index in [1.807, 2.05) is 24.3 Å². The highest BCUT2D eigenvalue weighted by molar-refractivity contribution is 7.15. The predicted molar refractivity (Wildman–Crippen MR) is 136 cm³/mol. The first-order valence-electron chi connectivity index (χ1n) is 11.1. The zero-order valence-electron chi connectivity index (χ0n) is 19.4. The number of rotatable bonds is 12. The van der Waals surface area contributed by atoms with Crippen LogP contribution < -0.4 is 19.6 Å². The second-order valence-electron chi connectivity index (χ2n) is 7.51. The molecule has 0 atom stereocenters. The molecular weight excluding hydrogens is 511 g/mol. The Morgan fingerprint density at radius 1 is 1.11 bits per heavy atom. The number of alkyl halides is 1. The third kappa shape index (κ3) is 5.96. The number of thiazole rings is 1. The van der Waals surface area contributed by atoms with E-state index in [9.17, 15) is 14.3 Å². The van der Waals surface area contributed by atoms with Crippen LogP contribution >= 0.6 is 22.9 Å². The van der Waals surface area contributed by atoms with E-state index in [1.54, 1.807) is 24.4 Å². The van der Waals surface area contributed by atoms with Gasteiger partial charge < -0.3 is 24.1 Å². The summed E-state index contributed by atoms with van der Waals surface area (Å²) < 4.78 is 35.4. The van der Waals surface area contributed by atoms with Gasteiger partial charge in [-0.2, -0.15) is 0 Å². The van der Waals surface area contributed by atoms with Crippen LogP contribution in [0.3, 0.4) is 0 Å². The molecule has 0 fully saturated rings. The topological polar surface area (TPSA) is 91.5 Å². The van der Waals surface area contributed by atoms with Crippen LogP contribution in [0.4, 0.5) is 4.39 Å². The fourth-order valence-electron chi connectivity index (χ4n) is 3.44. The van der Waals surface area contributed by atoms with E-state index < -0.39 is 6.67 Å². The lowest BCUT2D eigenvalue weighted by atomic mass is 10.1. The number of nitrogens with zero attached hydrogens (tertiary/aromatic N) is 2. The van der Waals surface area contributed by atoms with E-state index in [4.69, 9.17) is 30.5 Å². The molecule has 0 radical (unpaired) electrons. The number of hydrogen-bond acceptors (Lipinski definition) is 8. The van der Waals surface area contributed by atoms with Crippen molar-refractivity contribution in [2.45, 2.75) is 0 Å². The molecule has 36 heavy (non-hydrogen) atoms. The second-order valence-corrected chi connectivity index (χ2v) is 8.92. The minimum absolute atomic E-state index is 0.0693. The van der Waals surface area contributed by atoms with Crippen molar-refractivity contribution in [2.75, 3.05) is 46.8 Å². The van der Waals surface area contributed by atoms with E-state index in [0.717, 1.165) is 5.56 Å². The largest absolute Gasteiger partial charge is 0.503 e.